The zero-order valence-corrected chi connectivity index (χ0v) is 12.0. The monoisotopic (exact) mass is 269 g/mol. The first-order valence-electron chi connectivity index (χ1n) is 7.77. The lowest BCUT2D eigenvalue weighted by Gasteiger charge is -2.30. The van der Waals surface area contributed by atoms with Crippen molar-refractivity contribution in [2.45, 2.75) is 51.5 Å². The van der Waals surface area contributed by atoms with Crippen LogP contribution in [-0.2, 0) is 14.3 Å². The first-order chi connectivity index (χ1) is 9.29. The van der Waals surface area contributed by atoms with Crippen LogP contribution in [0.3, 0.4) is 0 Å². The fourth-order valence-corrected chi connectivity index (χ4v) is 3.15. The number of carbonyl (C=O) groups excluding carboxylic acids is 1. The SMILES string of the molecule is CCOC(=O)C1CCCC(NCC2CCCOC2)C1. The number of hydrogen-bond donors (Lipinski definition) is 1. The average Bonchev–Trinajstić information content (AvgIpc) is 2.47. The number of carbonyl (C=O) groups is 1. The normalized spacial score (nSPS) is 31.9. The van der Waals surface area contributed by atoms with Gasteiger partial charge in [0.15, 0.2) is 0 Å². The van der Waals surface area contributed by atoms with Crippen LogP contribution in [0.2, 0.25) is 0 Å². The predicted molar refractivity (Wildman–Crippen MR) is 73.9 cm³/mol. The molecule has 1 aliphatic carbocycles. The summed E-state index contributed by atoms with van der Waals surface area (Å²) in [6, 6.07) is 0.477. The highest BCUT2D eigenvalue weighted by molar-refractivity contribution is 5.72. The minimum absolute atomic E-state index is 0.00463. The van der Waals surface area contributed by atoms with Gasteiger partial charge in [0.05, 0.1) is 19.1 Å². The summed E-state index contributed by atoms with van der Waals surface area (Å²) in [5, 5.41) is 3.63. The highest BCUT2D eigenvalue weighted by Gasteiger charge is 2.28. The maximum Gasteiger partial charge on any atom is 0.308 e. The van der Waals surface area contributed by atoms with Crippen LogP contribution in [0.15, 0.2) is 0 Å². The number of hydrogen-bond acceptors (Lipinski definition) is 4. The summed E-state index contributed by atoms with van der Waals surface area (Å²) >= 11 is 0. The third-order valence-corrected chi connectivity index (χ3v) is 4.24. The summed E-state index contributed by atoms with van der Waals surface area (Å²) in [5.74, 6) is 0.750. The molecule has 110 valence electrons. The molecule has 19 heavy (non-hydrogen) atoms. The first-order valence-corrected chi connectivity index (χ1v) is 7.77. The van der Waals surface area contributed by atoms with Gasteiger partial charge in [-0.2, -0.15) is 0 Å². The molecule has 1 heterocycles. The molecule has 1 N–H and O–H groups in total. The molecule has 3 unspecified atom stereocenters. The maximum atomic E-state index is 11.8. The largest absolute Gasteiger partial charge is 0.466 e. The summed E-state index contributed by atoms with van der Waals surface area (Å²) < 4.78 is 10.6. The minimum atomic E-state index is -0.00463. The van der Waals surface area contributed by atoms with Crippen LogP contribution in [0.5, 0.6) is 0 Å². The number of nitrogens with one attached hydrogen (secondary N) is 1. The van der Waals surface area contributed by atoms with Crippen molar-refractivity contribution in [3.8, 4) is 0 Å². The van der Waals surface area contributed by atoms with Crippen molar-refractivity contribution in [3.63, 3.8) is 0 Å². The van der Waals surface area contributed by atoms with Crippen molar-refractivity contribution in [3.05, 3.63) is 0 Å². The lowest BCUT2D eigenvalue weighted by molar-refractivity contribution is -0.149. The van der Waals surface area contributed by atoms with Gasteiger partial charge in [-0.3, -0.25) is 4.79 Å². The first kappa shape index (κ1) is 14.8. The summed E-state index contributed by atoms with van der Waals surface area (Å²) in [7, 11) is 0. The Morgan fingerprint density at radius 3 is 2.95 bits per heavy atom. The van der Waals surface area contributed by atoms with Crippen molar-refractivity contribution in [2.24, 2.45) is 11.8 Å². The Bertz CT molecular complexity index is 277. The highest BCUT2D eigenvalue weighted by atomic mass is 16.5. The molecule has 1 aliphatic heterocycles. The van der Waals surface area contributed by atoms with Gasteiger partial charge in [-0.05, 0) is 44.9 Å². The van der Waals surface area contributed by atoms with E-state index in [4.69, 9.17) is 9.47 Å². The fourth-order valence-electron chi connectivity index (χ4n) is 3.15. The van der Waals surface area contributed by atoms with Gasteiger partial charge in [0, 0.05) is 19.2 Å². The summed E-state index contributed by atoms with van der Waals surface area (Å²) in [6.45, 7) is 5.21. The van der Waals surface area contributed by atoms with Crippen LogP contribution in [-0.4, -0.2) is 38.4 Å². The molecule has 1 saturated heterocycles. The molecule has 0 bridgehead atoms. The second kappa shape index (κ2) is 7.85. The van der Waals surface area contributed by atoms with E-state index in [2.05, 4.69) is 5.32 Å². The maximum absolute atomic E-state index is 11.8. The quantitative estimate of drug-likeness (QED) is 0.777. The Kier molecular flexibility index (Phi) is 6.11. The number of rotatable bonds is 5. The van der Waals surface area contributed by atoms with E-state index in [1.54, 1.807) is 0 Å². The zero-order valence-electron chi connectivity index (χ0n) is 12.0. The summed E-state index contributed by atoms with van der Waals surface area (Å²) in [4.78, 5) is 11.8. The minimum Gasteiger partial charge on any atom is -0.466 e. The Labute approximate surface area is 116 Å². The number of ether oxygens (including phenoxy) is 2. The van der Waals surface area contributed by atoms with E-state index in [1.165, 1.54) is 19.3 Å². The van der Waals surface area contributed by atoms with Gasteiger partial charge in [0.1, 0.15) is 0 Å². The van der Waals surface area contributed by atoms with E-state index in [0.29, 0.717) is 18.6 Å². The molecule has 0 aromatic carbocycles. The molecule has 4 nitrogen and oxygen atoms in total. The molecule has 0 aromatic heterocycles. The van der Waals surface area contributed by atoms with Crippen LogP contribution in [0.25, 0.3) is 0 Å². The standard InChI is InChI=1S/C15H27NO3/c1-2-19-15(17)13-6-3-7-14(9-13)16-10-12-5-4-8-18-11-12/h12-14,16H,2-11H2,1H3. The Balaban J connectivity index is 1.69. The van der Waals surface area contributed by atoms with Gasteiger partial charge in [-0.15, -0.1) is 0 Å². The van der Waals surface area contributed by atoms with Crippen molar-refractivity contribution >= 4 is 5.97 Å². The molecule has 0 aromatic rings. The van der Waals surface area contributed by atoms with E-state index < -0.39 is 0 Å². The van der Waals surface area contributed by atoms with Crippen molar-refractivity contribution in [1.29, 1.82) is 0 Å². The fraction of sp³-hybridized carbons (Fsp3) is 0.933. The van der Waals surface area contributed by atoms with Crippen LogP contribution in [0, 0.1) is 11.8 Å². The summed E-state index contributed by atoms with van der Waals surface area (Å²) in [5.41, 5.74) is 0. The van der Waals surface area contributed by atoms with Gasteiger partial charge >= 0.3 is 5.97 Å². The topological polar surface area (TPSA) is 47.6 Å². The predicted octanol–water partition coefficient (Wildman–Crippen LogP) is 2.12. The summed E-state index contributed by atoms with van der Waals surface area (Å²) in [6.07, 6.45) is 6.69. The van der Waals surface area contributed by atoms with Gasteiger partial charge in [0.2, 0.25) is 0 Å². The molecule has 0 radical (unpaired) electrons. The molecular formula is C15H27NO3. The smallest absolute Gasteiger partial charge is 0.308 e. The van der Waals surface area contributed by atoms with Gasteiger partial charge in [0.25, 0.3) is 0 Å². The molecule has 1 saturated carbocycles. The second-order valence-corrected chi connectivity index (χ2v) is 5.80. The zero-order chi connectivity index (χ0) is 13.5. The second-order valence-electron chi connectivity index (χ2n) is 5.80. The van der Waals surface area contributed by atoms with Crippen LogP contribution >= 0.6 is 0 Å². The van der Waals surface area contributed by atoms with Crippen molar-refractivity contribution in [1.82, 2.24) is 5.32 Å². The van der Waals surface area contributed by atoms with Crippen molar-refractivity contribution in [2.75, 3.05) is 26.4 Å². The van der Waals surface area contributed by atoms with Crippen LogP contribution in [0.4, 0.5) is 0 Å². The molecule has 2 aliphatic rings. The molecule has 4 heteroatoms. The lowest BCUT2D eigenvalue weighted by atomic mass is 9.85. The van der Waals surface area contributed by atoms with Crippen molar-refractivity contribution < 1.29 is 14.3 Å². The Hall–Kier alpha value is -0.610. The third kappa shape index (κ3) is 4.77. The number of esters is 1. The molecule has 3 atom stereocenters. The third-order valence-electron chi connectivity index (χ3n) is 4.24. The molecular weight excluding hydrogens is 242 g/mol. The Morgan fingerprint density at radius 2 is 2.21 bits per heavy atom. The van der Waals surface area contributed by atoms with E-state index in [-0.39, 0.29) is 11.9 Å². The lowest BCUT2D eigenvalue weighted by Crippen LogP contribution is -2.40. The van der Waals surface area contributed by atoms with Gasteiger partial charge in [-0.25, -0.2) is 0 Å². The van der Waals surface area contributed by atoms with E-state index in [9.17, 15) is 4.79 Å². The van der Waals surface area contributed by atoms with E-state index in [1.807, 2.05) is 6.92 Å². The molecule has 0 spiro atoms. The molecule has 0 amide bonds. The molecule has 2 rings (SSSR count). The van der Waals surface area contributed by atoms with E-state index in [0.717, 1.165) is 39.0 Å². The van der Waals surface area contributed by atoms with Gasteiger partial charge in [-0.1, -0.05) is 6.42 Å². The van der Waals surface area contributed by atoms with Crippen LogP contribution in [0.1, 0.15) is 45.4 Å². The molecule has 2 fully saturated rings. The van der Waals surface area contributed by atoms with E-state index >= 15 is 0 Å². The van der Waals surface area contributed by atoms with Crippen LogP contribution < -0.4 is 5.32 Å². The van der Waals surface area contributed by atoms with Gasteiger partial charge < -0.3 is 14.8 Å². The Morgan fingerprint density at radius 1 is 1.32 bits per heavy atom. The average molecular weight is 269 g/mol. The highest BCUT2D eigenvalue weighted by Crippen LogP contribution is 2.26.